The number of hydrogen-bond donors (Lipinski definition) is 0. The second-order valence-electron chi connectivity index (χ2n) is 4.62. The Hall–Kier alpha value is -0.230. The molecule has 1 aliphatic rings. The van der Waals surface area contributed by atoms with E-state index in [1.807, 2.05) is 13.8 Å². The van der Waals surface area contributed by atoms with Crippen molar-refractivity contribution in [2.45, 2.75) is 26.2 Å². The standard InChI is InChI=1S/C9H17F2NO2S/c1-7(2)8-4-9(10,11)6-12(5-8)15(3,13)14/h7-8H,4-6H2,1-3H3. The third-order valence-electron chi connectivity index (χ3n) is 2.82. The van der Waals surface area contributed by atoms with Gasteiger partial charge in [-0.2, -0.15) is 4.31 Å². The fourth-order valence-electron chi connectivity index (χ4n) is 1.80. The molecule has 1 atom stereocenters. The van der Waals surface area contributed by atoms with E-state index >= 15 is 0 Å². The zero-order chi connectivity index (χ0) is 11.9. The van der Waals surface area contributed by atoms with Gasteiger partial charge in [0.15, 0.2) is 0 Å². The van der Waals surface area contributed by atoms with Gasteiger partial charge in [0, 0.05) is 13.0 Å². The molecule has 0 bridgehead atoms. The molecule has 3 nitrogen and oxygen atoms in total. The lowest BCUT2D eigenvalue weighted by Gasteiger charge is -2.37. The molecular weight excluding hydrogens is 224 g/mol. The Labute approximate surface area is 89.5 Å². The lowest BCUT2D eigenvalue weighted by atomic mass is 9.87. The van der Waals surface area contributed by atoms with Crippen molar-refractivity contribution in [3.63, 3.8) is 0 Å². The summed E-state index contributed by atoms with van der Waals surface area (Å²) in [6.07, 6.45) is 0.766. The second kappa shape index (κ2) is 3.97. The predicted octanol–water partition coefficient (Wildman–Crippen LogP) is 1.56. The summed E-state index contributed by atoms with van der Waals surface area (Å²) in [5, 5.41) is 0. The molecule has 1 saturated heterocycles. The normalized spacial score (nSPS) is 28.3. The van der Waals surface area contributed by atoms with Gasteiger partial charge in [0.05, 0.1) is 12.8 Å². The minimum atomic E-state index is -3.51. The molecule has 15 heavy (non-hydrogen) atoms. The van der Waals surface area contributed by atoms with Crippen LogP contribution < -0.4 is 0 Å². The first-order chi connectivity index (χ1) is 6.62. The highest BCUT2D eigenvalue weighted by molar-refractivity contribution is 7.88. The molecule has 1 rings (SSSR count). The number of rotatable bonds is 2. The van der Waals surface area contributed by atoms with Gasteiger partial charge in [-0.15, -0.1) is 0 Å². The Balaban J connectivity index is 2.87. The summed E-state index contributed by atoms with van der Waals surface area (Å²) in [6.45, 7) is 3.22. The predicted molar refractivity (Wildman–Crippen MR) is 54.3 cm³/mol. The van der Waals surface area contributed by atoms with E-state index in [1.165, 1.54) is 0 Å². The van der Waals surface area contributed by atoms with E-state index in [4.69, 9.17) is 0 Å². The quantitative estimate of drug-likeness (QED) is 0.735. The van der Waals surface area contributed by atoms with Gasteiger partial charge in [-0.3, -0.25) is 0 Å². The summed E-state index contributed by atoms with van der Waals surface area (Å²) in [5.74, 6) is -3.08. The molecule has 0 aliphatic carbocycles. The highest BCUT2D eigenvalue weighted by Crippen LogP contribution is 2.34. The fraction of sp³-hybridized carbons (Fsp3) is 1.00. The molecule has 0 amide bonds. The molecule has 0 aromatic heterocycles. The van der Waals surface area contributed by atoms with Gasteiger partial charge < -0.3 is 0 Å². The van der Waals surface area contributed by atoms with E-state index in [9.17, 15) is 17.2 Å². The van der Waals surface area contributed by atoms with Gasteiger partial charge in [-0.05, 0) is 11.8 Å². The van der Waals surface area contributed by atoms with E-state index in [1.54, 1.807) is 0 Å². The fourth-order valence-corrected chi connectivity index (χ4v) is 2.68. The Morgan fingerprint density at radius 3 is 2.33 bits per heavy atom. The first-order valence-corrected chi connectivity index (χ1v) is 6.79. The second-order valence-corrected chi connectivity index (χ2v) is 6.60. The number of alkyl halides is 2. The molecule has 1 fully saturated rings. The Kier molecular flexibility index (Phi) is 3.40. The highest BCUT2D eigenvalue weighted by Gasteiger charge is 2.43. The van der Waals surface area contributed by atoms with Crippen LogP contribution in [0.4, 0.5) is 8.78 Å². The first-order valence-electron chi connectivity index (χ1n) is 4.95. The maximum absolute atomic E-state index is 13.3. The minimum absolute atomic E-state index is 0.0698. The van der Waals surface area contributed by atoms with Crippen molar-refractivity contribution in [3.05, 3.63) is 0 Å². The van der Waals surface area contributed by atoms with Crippen LogP contribution in [0.3, 0.4) is 0 Å². The van der Waals surface area contributed by atoms with Crippen LogP contribution in [0.2, 0.25) is 0 Å². The van der Waals surface area contributed by atoms with Gasteiger partial charge >= 0.3 is 0 Å². The molecule has 0 radical (unpaired) electrons. The first kappa shape index (κ1) is 12.8. The Morgan fingerprint density at radius 2 is 1.93 bits per heavy atom. The number of nitrogens with zero attached hydrogens (tertiary/aromatic N) is 1. The number of piperidine rings is 1. The van der Waals surface area contributed by atoms with Gasteiger partial charge in [0.2, 0.25) is 10.0 Å². The summed E-state index contributed by atoms with van der Waals surface area (Å²) in [5.41, 5.74) is 0. The van der Waals surface area contributed by atoms with Crippen LogP contribution in [0, 0.1) is 11.8 Å². The van der Waals surface area contributed by atoms with E-state index in [-0.39, 0.29) is 24.8 Å². The molecular formula is C9H17F2NO2S. The van der Waals surface area contributed by atoms with Gasteiger partial charge in [0.25, 0.3) is 5.92 Å². The van der Waals surface area contributed by atoms with Crippen LogP contribution in [-0.4, -0.2) is 38.0 Å². The van der Waals surface area contributed by atoms with Crippen molar-refractivity contribution in [1.82, 2.24) is 4.31 Å². The van der Waals surface area contributed by atoms with Crippen molar-refractivity contribution in [3.8, 4) is 0 Å². The van der Waals surface area contributed by atoms with Crippen molar-refractivity contribution >= 4 is 10.0 Å². The average Bonchev–Trinajstić information content (AvgIpc) is 1.99. The Morgan fingerprint density at radius 1 is 1.40 bits per heavy atom. The van der Waals surface area contributed by atoms with E-state index in [0.29, 0.717) is 0 Å². The van der Waals surface area contributed by atoms with Crippen LogP contribution >= 0.6 is 0 Å². The smallest absolute Gasteiger partial charge is 0.213 e. The van der Waals surface area contributed by atoms with Crippen LogP contribution in [0.25, 0.3) is 0 Å². The van der Waals surface area contributed by atoms with Crippen LogP contribution in [0.5, 0.6) is 0 Å². The summed E-state index contributed by atoms with van der Waals surface area (Å²) < 4.78 is 49.9. The molecule has 1 heterocycles. The van der Waals surface area contributed by atoms with Crippen LogP contribution in [0.1, 0.15) is 20.3 Å². The maximum atomic E-state index is 13.3. The Bertz CT molecular complexity index is 327. The largest absolute Gasteiger partial charge is 0.262 e. The molecule has 0 aromatic carbocycles. The van der Waals surface area contributed by atoms with Gasteiger partial charge in [-0.1, -0.05) is 13.8 Å². The number of halogens is 2. The van der Waals surface area contributed by atoms with Crippen molar-refractivity contribution in [1.29, 1.82) is 0 Å². The molecule has 1 unspecified atom stereocenters. The monoisotopic (exact) mass is 241 g/mol. The summed E-state index contributed by atoms with van der Waals surface area (Å²) >= 11 is 0. The summed E-state index contributed by atoms with van der Waals surface area (Å²) in [4.78, 5) is 0. The maximum Gasteiger partial charge on any atom is 0.262 e. The zero-order valence-electron chi connectivity index (χ0n) is 9.20. The third-order valence-corrected chi connectivity index (χ3v) is 4.03. The molecule has 0 N–H and O–H groups in total. The summed E-state index contributed by atoms with van der Waals surface area (Å²) in [6, 6.07) is 0. The lowest BCUT2D eigenvalue weighted by molar-refractivity contribution is -0.0705. The SMILES string of the molecule is CC(C)C1CN(S(C)(=O)=O)CC(F)(F)C1. The van der Waals surface area contributed by atoms with Crippen molar-refractivity contribution < 1.29 is 17.2 Å². The molecule has 1 aliphatic heterocycles. The molecule has 0 aromatic rings. The van der Waals surface area contributed by atoms with Gasteiger partial charge in [0.1, 0.15) is 0 Å². The molecule has 0 spiro atoms. The van der Waals surface area contributed by atoms with Crippen LogP contribution in [0.15, 0.2) is 0 Å². The van der Waals surface area contributed by atoms with E-state index < -0.39 is 22.5 Å². The topological polar surface area (TPSA) is 37.4 Å². The third kappa shape index (κ3) is 3.38. The van der Waals surface area contributed by atoms with E-state index in [0.717, 1.165) is 10.6 Å². The molecule has 0 saturated carbocycles. The van der Waals surface area contributed by atoms with Crippen LogP contribution in [-0.2, 0) is 10.0 Å². The zero-order valence-corrected chi connectivity index (χ0v) is 10.0. The lowest BCUT2D eigenvalue weighted by Crippen LogP contribution is -2.50. The van der Waals surface area contributed by atoms with Crippen molar-refractivity contribution in [2.24, 2.45) is 11.8 Å². The minimum Gasteiger partial charge on any atom is -0.213 e. The molecule has 6 heteroatoms. The number of sulfonamides is 1. The van der Waals surface area contributed by atoms with Gasteiger partial charge in [-0.25, -0.2) is 17.2 Å². The molecule has 90 valence electrons. The highest BCUT2D eigenvalue weighted by atomic mass is 32.2. The van der Waals surface area contributed by atoms with Crippen molar-refractivity contribution in [2.75, 3.05) is 19.3 Å². The van der Waals surface area contributed by atoms with E-state index in [2.05, 4.69) is 0 Å². The average molecular weight is 241 g/mol. The summed E-state index contributed by atoms with van der Waals surface area (Å²) in [7, 11) is -3.51. The number of hydrogen-bond acceptors (Lipinski definition) is 2.